The molecule has 1 fully saturated rings. The molecule has 6 heteroatoms. The molecule has 130 valence electrons. The van der Waals surface area contributed by atoms with Crippen LogP contribution in [0.4, 0.5) is 0 Å². The lowest BCUT2D eigenvalue weighted by Gasteiger charge is -2.22. The summed E-state index contributed by atoms with van der Waals surface area (Å²) in [7, 11) is 0. The van der Waals surface area contributed by atoms with Crippen LogP contribution in [0.5, 0.6) is 5.75 Å². The van der Waals surface area contributed by atoms with Crippen molar-refractivity contribution in [3.05, 3.63) is 29.8 Å². The summed E-state index contributed by atoms with van der Waals surface area (Å²) in [6.45, 7) is 2.46. The zero-order valence-electron chi connectivity index (χ0n) is 14.1. The second-order valence-corrected chi connectivity index (χ2v) is 5.84. The molecule has 24 heavy (non-hydrogen) atoms. The van der Waals surface area contributed by atoms with Gasteiger partial charge in [-0.05, 0) is 31.9 Å². The minimum atomic E-state index is -0.423. The van der Waals surface area contributed by atoms with Crippen LogP contribution in [0.2, 0.25) is 0 Å². The van der Waals surface area contributed by atoms with Crippen molar-refractivity contribution in [2.75, 3.05) is 6.61 Å². The number of nitrogens with one attached hydrogen (secondary N) is 2. The van der Waals surface area contributed by atoms with Crippen molar-refractivity contribution in [3.8, 4) is 5.75 Å². The molecule has 1 aliphatic carbocycles. The van der Waals surface area contributed by atoms with Gasteiger partial charge in [-0.25, -0.2) is 5.43 Å². The minimum absolute atomic E-state index is 0.207. The van der Waals surface area contributed by atoms with Gasteiger partial charge < -0.3 is 10.1 Å². The van der Waals surface area contributed by atoms with E-state index in [1.807, 2.05) is 31.2 Å². The number of para-hydroxylation sites is 1. The van der Waals surface area contributed by atoms with Gasteiger partial charge in [0.05, 0.1) is 12.8 Å². The van der Waals surface area contributed by atoms with E-state index in [0.29, 0.717) is 12.4 Å². The molecule has 2 rings (SSSR count). The quantitative estimate of drug-likeness (QED) is 0.457. The lowest BCUT2D eigenvalue weighted by atomic mass is 9.95. The summed E-state index contributed by atoms with van der Waals surface area (Å²) >= 11 is 0. The first-order valence-corrected chi connectivity index (χ1v) is 8.52. The van der Waals surface area contributed by atoms with Crippen molar-refractivity contribution in [3.63, 3.8) is 0 Å². The Morgan fingerprint density at radius 2 is 1.96 bits per heavy atom. The van der Waals surface area contributed by atoms with E-state index < -0.39 is 5.91 Å². The molecule has 2 amide bonds. The molecule has 1 saturated carbocycles. The second-order valence-electron chi connectivity index (χ2n) is 5.84. The molecule has 0 aromatic heterocycles. The summed E-state index contributed by atoms with van der Waals surface area (Å²) < 4.78 is 5.48. The number of rotatable bonds is 7. The Morgan fingerprint density at radius 3 is 2.71 bits per heavy atom. The third kappa shape index (κ3) is 6.02. The van der Waals surface area contributed by atoms with Gasteiger partial charge in [0.25, 0.3) is 0 Å². The maximum atomic E-state index is 11.9. The average Bonchev–Trinajstić information content (AvgIpc) is 2.57. The van der Waals surface area contributed by atoms with Gasteiger partial charge in [-0.1, -0.05) is 31.4 Å². The maximum absolute atomic E-state index is 11.9. The Hall–Kier alpha value is -2.37. The van der Waals surface area contributed by atoms with Crippen molar-refractivity contribution in [1.82, 2.24) is 10.7 Å². The molecule has 6 nitrogen and oxygen atoms in total. The summed E-state index contributed by atoms with van der Waals surface area (Å²) in [6, 6.07) is 7.63. The van der Waals surface area contributed by atoms with Gasteiger partial charge in [0.2, 0.25) is 11.8 Å². The summed E-state index contributed by atoms with van der Waals surface area (Å²) in [5.41, 5.74) is 3.15. The van der Waals surface area contributed by atoms with Gasteiger partial charge >= 0.3 is 0 Å². The van der Waals surface area contributed by atoms with E-state index in [9.17, 15) is 9.59 Å². The Morgan fingerprint density at radius 1 is 1.21 bits per heavy atom. The van der Waals surface area contributed by atoms with Crippen LogP contribution in [0, 0.1) is 0 Å². The van der Waals surface area contributed by atoms with Gasteiger partial charge in [0.1, 0.15) is 12.2 Å². The first-order chi connectivity index (χ1) is 11.7. The van der Waals surface area contributed by atoms with Gasteiger partial charge in [-0.2, -0.15) is 5.10 Å². The number of ether oxygens (including phenoxy) is 1. The second kappa shape index (κ2) is 9.70. The number of hydrogen-bond acceptors (Lipinski definition) is 4. The highest BCUT2D eigenvalue weighted by molar-refractivity contribution is 5.97. The van der Waals surface area contributed by atoms with Crippen molar-refractivity contribution in [2.45, 2.75) is 51.5 Å². The Bertz CT molecular complexity index is 581. The third-order valence-electron chi connectivity index (χ3n) is 3.90. The van der Waals surface area contributed by atoms with Crippen molar-refractivity contribution >= 4 is 18.0 Å². The van der Waals surface area contributed by atoms with Crippen LogP contribution in [0.1, 0.15) is 51.0 Å². The fraction of sp³-hybridized carbons (Fsp3) is 0.500. The standard InChI is InChI=1S/C18H25N3O3/c1-2-24-16-11-7-6-8-14(16)13-19-21-18(23)12-17(22)20-15-9-4-3-5-10-15/h6-8,11,13,15H,2-5,9-10,12H2,1H3,(H,20,22)(H,21,23)/b19-13-. The molecule has 0 atom stereocenters. The van der Waals surface area contributed by atoms with Crippen molar-refractivity contribution in [1.29, 1.82) is 0 Å². The molecule has 2 N–H and O–H groups in total. The molecular formula is C18H25N3O3. The normalized spacial score (nSPS) is 15.2. The highest BCUT2D eigenvalue weighted by Crippen LogP contribution is 2.17. The number of carbonyl (C=O) groups is 2. The van der Waals surface area contributed by atoms with Crippen LogP contribution in [-0.4, -0.2) is 30.7 Å². The van der Waals surface area contributed by atoms with Gasteiger partial charge in [0, 0.05) is 11.6 Å². The van der Waals surface area contributed by atoms with E-state index in [-0.39, 0.29) is 18.4 Å². The number of amides is 2. The predicted octanol–water partition coefficient (Wildman–Crippen LogP) is 2.37. The molecule has 0 radical (unpaired) electrons. The highest BCUT2D eigenvalue weighted by atomic mass is 16.5. The summed E-state index contributed by atoms with van der Waals surface area (Å²) in [5.74, 6) is 0.0332. The lowest BCUT2D eigenvalue weighted by molar-refractivity contribution is -0.129. The van der Waals surface area contributed by atoms with E-state index in [1.165, 1.54) is 12.6 Å². The van der Waals surface area contributed by atoms with Crippen LogP contribution in [0.15, 0.2) is 29.4 Å². The minimum Gasteiger partial charge on any atom is -0.493 e. The van der Waals surface area contributed by atoms with E-state index in [4.69, 9.17) is 4.74 Å². The molecular weight excluding hydrogens is 306 g/mol. The van der Waals surface area contributed by atoms with Crippen molar-refractivity contribution < 1.29 is 14.3 Å². The molecule has 0 aliphatic heterocycles. The summed E-state index contributed by atoms with van der Waals surface area (Å²) in [5, 5.41) is 6.81. The Balaban J connectivity index is 1.77. The number of benzene rings is 1. The fourth-order valence-corrected chi connectivity index (χ4v) is 2.76. The number of hydrogen-bond donors (Lipinski definition) is 2. The zero-order chi connectivity index (χ0) is 17.2. The van der Waals surface area contributed by atoms with Gasteiger partial charge in [-0.3, -0.25) is 9.59 Å². The van der Waals surface area contributed by atoms with E-state index in [2.05, 4.69) is 15.8 Å². The number of hydrazone groups is 1. The van der Waals surface area contributed by atoms with Gasteiger partial charge in [0.15, 0.2) is 0 Å². The first kappa shape index (κ1) is 18.0. The molecule has 0 bridgehead atoms. The molecule has 1 aromatic carbocycles. The molecule has 0 unspecified atom stereocenters. The molecule has 0 spiro atoms. The third-order valence-corrected chi connectivity index (χ3v) is 3.90. The SMILES string of the molecule is CCOc1ccccc1/C=N\NC(=O)CC(=O)NC1CCCCC1. The largest absolute Gasteiger partial charge is 0.493 e. The van der Waals surface area contributed by atoms with Crippen LogP contribution in [0.25, 0.3) is 0 Å². The van der Waals surface area contributed by atoms with E-state index in [1.54, 1.807) is 0 Å². The van der Waals surface area contributed by atoms with E-state index >= 15 is 0 Å². The molecule has 0 heterocycles. The zero-order valence-corrected chi connectivity index (χ0v) is 14.1. The number of nitrogens with zero attached hydrogens (tertiary/aromatic N) is 1. The first-order valence-electron chi connectivity index (χ1n) is 8.52. The molecule has 1 aliphatic rings. The average molecular weight is 331 g/mol. The Kier molecular flexibility index (Phi) is 7.26. The topological polar surface area (TPSA) is 79.8 Å². The van der Waals surface area contributed by atoms with Crippen LogP contribution < -0.4 is 15.5 Å². The van der Waals surface area contributed by atoms with E-state index in [0.717, 1.165) is 31.2 Å². The predicted molar refractivity (Wildman–Crippen MR) is 93.0 cm³/mol. The molecule has 1 aromatic rings. The summed E-state index contributed by atoms with van der Waals surface area (Å²) in [6.07, 6.45) is 6.81. The fourth-order valence-electron chi connectivity index (χ4n) is 2.76. The maximum Gasteiger partial charge on any atom is 0.249 e. The summed E-state index contributed by atoms with van der Waals surface area (Å²) in [4.78, 5) is 23.6. The number of carbonyl (C=O) groups excluding carboxylic acids is 2. The van der Waals surface area contributed by atoms with Crippen molar-refractivity contribution in [2.24, 2.45) is 5.10 Å². The lowest BCUT2D eigenvalue weighted by Crippen LogP contribution is -2.38. The molecule has 0 saturated heterocycles. The highest BCUT2D eigenvalue weighted by Gasteiger charge is 2.17. The van der Waals surface area contributed by atoms with Crippen LogP contribution in [-0.2, 0) is 9.59 Å². The van der Waals surface area contributed by atoms with Gasteiger partial charge in [-0.15, -0.1) is 0 Å². The van der Waals surface area contributed by atoms with Crippen LogP contribution in [0.3, 0.4) is 0 Å². The Labute approximate surface area is 142 Å². The van der Waals surface area contributed by atoms with Crippen LogP contribution >= 0.6 is 0 Å². The monoisotopic (exact) mass is 331 g/mol. The smallest absolute Gasteiger partial charge is 0.249 e.